The van der Waals surface area contributed by atoms with Crippen molar-refractivity contribution < 1.29 is 18.6 Å². The molecule has 0 aromatic heterocycles. The van der Waals surface area contributed by atoms with Crippen LogP contribution in [-0.2, 0) is 9.84 Å². The van der Waals surface area contributed by atoms with E-state index in [1.807, 2.05) is 0 Å². The number of aliphatic hydroxyl groups excluding tert-OH is 2. The van der Waals surface area contributed by atoms with Gasteiger partial charge in [-0.2, -0.15) is 0 Å². The third-order valence-corrected chi connectivity index (χ3v) is 4.67. The average Bonchev–Trinajstić information content (AvgIpc) is 2.30. The molecule has 0 saturated carbocycles. The largest absolute Gasteiger partial charge is 0.395 e. The average molecular weight is 244 g/mol. The highest BCUT2D eigenvalue weighted by Crippen LogP contribution is 2.22. The van der Waals surface area contributed by atoms with E-state index in [0.717, 1.165) is 0 Å². The Bertz CT molecular complexity index is 413. The Balaban J connectivity index is 2.99. The summed E-state index contributed by atoms with van der Waals surface area (Å²) in [5.74, 6) is -0.0951. The fourth-order valence-electron chi connectivity index (χ4n) is 1.49. The Kier molecular flexibility index (Phi) is 4.46. The van der Waals surface area contributed by atoms with Crippen LogP contribution in [0.1, 0.15) is 18.6 Å². The Hall–Kier alpha value is -0.910. The summed E-state index contributed by atoms with van der Waals surface area (Å²) < 4.78 is 23.3. The van der Waals surface area contributed by atoms with Crippen molar-refractivity contribution in [2.75, 3.05) is 12.4 Å². The molecule has 2 N–H and O–H groups in total. The fourth-order valence-corrected chi connectivity index (χ4v) is 2.69. The van der Waals surface area contributed by atoms with Gasteiger partial charge in [-0.25, -0.2) is 8.42 Å². The van der Waals surface area contributed by atoms with Gasteiger partial charge in [0.1, 0.15) is 5.25 Å². The molecule has 0 bridgehead atoms. The van der Waals surface area contributed by atoms with Crippen LogP contribution in [-0.4, -0.2) is 36.2 Å². The van der Waals surface area contributed by atoms with Gasteiger partial charge in [0.05, 0.1) is 12.7 Å². The van der Waals surface area contributed by atoms with E-state index in [0.29, 0.717) is 5.56 Å². The summed E-state index contributed by atoms with van der Waals surface area (Å²) in [5.41, 5.74) is 0.499. The van der Waals surface area contributed by atoms with Crippen molar-refractivity contribution in [2.45, 2.75) is 18.3 Å². The quantitative estimate of drug-likeness (QED) is 0.791. The number of sulfone groups is 1. The lowest BCUT2D eigenvalue weighted by Gasteiger charge is -2.20. The van der Waals surface area contributed by atoms with Crippen molar-refractivity contribution in [1.82, 2.24) is 0 Å². The first-order valence-corrected chi connectivity index (χ1v) is 6.80. The summed E-state index contributed by atoms with van der Waals surface area (Å²) in [7, 11) is -3.46. The van der Waals surface area contributed by atoms with Crippen molar-refractivity contribution in [3.63, 3.8) is 0 Å². The summed E-state index contributed by atoms with van der Waals surface area (Å²) >= 11 is 0. The smallest absolute Gasteiger partial charge is 0.158 e. The molecule has 0 heterocycles. The molecular formula is C11H16O4S. The first kappa shape index (κ1) is 13.2. The van der Waals surface area contributed by atoms with E-state index in [1.165, 1.54) is 6.92 Å². The number of benzene rings is 1. The Morgan fingerprint density at radius 3 is 2.25 bits per heavy atom. The van der Waals surface area contributed by atoms with Crippen LogP contribution in [0.3, 0.4) is 0 Å². The predicted molar refractivity (Wildman–Crippen MR) is 61.7 cm³/mol. The maximum absolute atomic E-state index is 11.6. The Morgan fingerprint density at radius 1 is 1.25 bits per heavy atom. The van der Waals surface area contributed by atoms with Gasteiger partial charge < -0.3 is 10.2 Å². The lowest BCUT2D eigenvalue weighted by Crippen LogP contribution is -2.33. The molecule has 2 atom stereocenters. The van der Waals surface area contributed by atoms with Gasteiger partial charge in [-0.15, -0.1) is 0 Å². The number of hydrogen-bond donors (Lipinski definition) is 2. The maximum atomic E-state index is 11.6. The molecule has 90 valence electrons. The van der Waals surface area contributed by atoms with Crippen LogP contribution in [0.25, 0.3) is 0 Å². The number of aliphatic hydroxyl groups is 2. The van der Waals surface area contributed by atoms with Gasteiger partial charge in [0.15, 0.2) is 9.84 Å². The molecule has 5 heteroatoms. The third-order valence-electron chi connectivity index (χ3n) is 2.54. The van der Waals surface area contributed by atoms with Crippen LogP contribution in [0.4, 0.5) is 0 Å². The van der Waals surface area contributed by atoms with Gasteiger partial charge >= 0.3 is 0 Å². The highest BCUT2D eigenvalue weighted by atomic mass is 32.2. The summed E-state index contributed by atoms with van der Waals surface area (Å²) in [6, 6.07) is 8.48. The van der Waals surface area contributed by atoms with Crippen LogP contribution in [0.15, 0.2) is 30.3 Å². The van der Waals surface area contributed by atoms with Gasteiger partial charge in [0.25, 0.3) is 0 Å². The monoisotopic (exact) mass is 244 g/mol. The van der Waals surface area contributed by atoms with Crippen molar-refractivity contribution in [2.24, 2.45) is 0 Å². The predicted octanol–water partition coefficient (Wildman–Crippen LogP) is 0.516. The van der Waals surface area contributed by atoms with Crippen LogP contribution in [0.2, 0.25) is 0 Å². The minimum Gasteiger partial charge on any atom is -0.395 e. The lowest BCUT2D eigenvalue weighted by atomic mass is 10.1. The van der Waals surface area contributed by atoms with Crippen LogP contribution >= 0.6 is 0 Å². The van der Waals surface area contributed by atoms with Gasteiger partial charge in [0.2, 0.25) is 0 Å². The van der Waals surface area contributed by atoms with E-state index in [9.17, 15) is 13.5 Å². The highest BCUT2D eigenvalue weighted by molar-refractivity contribution is 7.92. The summed E-state index contributed by atoms with van der Waals surface area (Å²) in [5, 5.41) is 17.8. The van der Waals surface area contributed by atoms with E-state index >= 15 is 0 Å². The molecule has 1 aromatic carbocycles. The fraction of sp³-hybridized carbons (Fsp3) is 0.455. The van der Waals surface area contributed by atoms with Gasteiger partial charge in [0, 0.05) is 5.75 Å². The third kappa shape index (κ3) is 2.81. The van der Waals surface area contributed by atoms with E-state index in [-0.39, 0.29) is 5.75 Å². The summed E-state index contributed by atoms with van der Waals surface area (Å²) in [6.07, 6.45) is -1.18. The van der Waals surface area contributed by atoms with E-state index < -0.39 is 27.8 Å². The molecule has 0 fully saturated rings. The maximum Gasteiger partial charge on any atom is 0.158 e. The van der Waals surface area contributed by atoms with Gasteiger partial charge in [-0.05, 0) is 5.56 Å². The van der Waals surface area contributed by atoms with E-state index in [4.69, 9.17) is 5.11 Å². The zero-order valence-corrected chi connectivity index (χ0v) is 9.89. The van der Waals surface area contributed by atoms with Crippen molar-refractivity contribution in [1.29, 1.82) is 0 Å². The second-order valence-electron chi connectivity index (χ2n) is 3.53. The molecule has 0 saturated heterocycles. The lowest BCUT2D eigenvalue weighted by molar-refractivity contribution is 0.138. The first-order valence-electron chi connectivity index (χ1n) is 5.08. The molecule has 16 heavy (non-hydrogen) atoms. The molecule has 0 spiro atoms. The Labute approximate surface area is 95.5 Å². The normalized spacial score (nSPS) is 15.7. The topological polar surface area (TPSA) is 74.6 Å². The van der Waals surface area contributed by atoms with Crippen molar-refractivity contribution in [3.8, 4) is 0 Å². The van der Waals surface area contributed by atoms with E-state index in [2.05, 4.69) is 0 Å². The molecule has 1 rings (SSSR count). The molecular weight excluding hydrogens is 228 g/mol. The number of rotatable bonds is 5. The van der Waals surface area contributed by atoms with Crippen LogP contribution in [0, 0.1) is 0 Å². The van der Waals surface area contributed by atoms with Gasteiger partial charge in [-0.1, -0.05) is 37.3 Å². The van der Waals surface area contributed by atoms with Gasteiger partial charge in [-0.3, -0.25) is 0 Å². The van der Waals surface area contributed by atoms with E-state index in [1.54, 1.807) is 30.3 Å². The molecule has 0 unspecified atom stereocenters. The van der Waals surface area contributed by atoms with Crippen molar-refractivity contribution >= 4 is 9.84 Å². The number of hydrogen-bond acceptors (Lipinski definition) is 4. The molecule has 0 aliphatic rings. The molecule has 0 aliphatic carbocycles. The van der Waals surface area contributed by atoms with Crippen LogP contribution in [0.5, 0.6) is 0 Å². The minimum absolute atomic E-state index is 0.0951. The zero-order valence-electron chi connectivity index (χ0n) is 9.07. The molecule has 0 amide bonds. The molecule has 0 aliphatic heterocycles. The SMILES string of the molecule is CCS(=O)(=O)[C@H](CO)[C@@H](O)c1ccccc1. The zero-order chi connectivity index (χ0) is 12.2. The molecule has 1 aromatic rings. The Morgan fingerprint density at radius 2 is 1.81 bits per heavy atom. The summed E-state index contributed by atoms with van der Waals surface area (Å²) in [6.45, 7) is 0.919. The summed E-state index contributed by atoms with van der Waals surface area (Å²) in [4.78, 5) is 0. The van der Waals surface area contributed by atoms with Crippen LogP contribution < -0.4 is 0 Å². The second-order valence-corrected chi connectivity index (χ2v) is 6.04. The van der Waals surface area contributed by atoms with Crippen molar-refractivity contribution in [3.05, 3.63) is 35.9 Å². The molecule has 0 radical (unpaired) electrons. The first-order chi connectivity index (χ1) is 7.53. The molecule has 4 nitrogen and oxygen atoms in total. The standard InChI is InChI=1S/C11H16O4S/c1-2-16(14,15)10(8-12)11(13)9-6-4-3-5-7-9/h3-7,10-13H,2,8H2,1H3/t10-,11+/m1/s1. The minimum atomic E-state index is -3.46. The highest BCUT2D eigenvalue weighted by Gasteiger charge is 2.31. The second kappa shape index (κ2) is 5.43.